The monoisotopic (exact) mass is 309 g/mol. The fourth-order valence-electron chi connectivity index (χ4n) is 3.47. The Bertz CT molecular complexity index is 196. The molecule has 0 aliphatic heterocycles. The van der Waals surface area contributed by atoms with Crippen LogP contribution in [-0.4, -0.2) is 0 Å². The smallest absolute Gasteiger partial charge is 0.0324 e. The topological polar surface area (TPSA) is 0 Å². The molecule has 0 heteroatoms. The molecule has 0 bridgehead atoms. The van der Waals surface area contributed by atoms with Crippen LogP contribution in [-0.2, 0) is 0 Å². The standard InChI is InChI=1S/C22H45/c1-5-9-12-13-14-16-18-21(8-4)20-22(17-11-7-3)19-15-10-6-2/h20-22H,5-19H2,1-4H3. The van der Waals surface area contributed by atoms with Crippen molar-refractivity contribution in [3.05, 3.63) is 6.42 Å². The lowest BCUT2D eigenvalue weighted by molar-refractivity contribution is 0.385. The minimum atomic E-state index is 0.884. The van der Waals surface area contributed by atoms with Gasteiger partial charge in [-0.3, -0.25) is 0 Å². The first-order valence-corrected chi connectivity index (χ1v) is 10.6. The average Bonchev–Trinajstić information content (AvgIpc) is 2.54. The molecule has 0 aliphatic carbocycles. The maximum absolute atomic E-state index is 2.76. The first kappa shape index (κ1) is 22.0. The number of unbranched alkanes of at least 4 members (excludes halogenated alkanes) is 8. The van der Waals surface area contributed by atoms with Crippen molar-refractivity contribution in [1.82, 2.24) is 0 Å². The second kappa shape index (κ2) is 17.4. The summed E-state index contributed by atoms with van der Waals surface area (Å²) in [5.74, 6) is 1.78. The van der Waals surface area contributed by atoms with E-state index in [1.54, 1.807) is 0 Å². The number of hydrogen-bond acceptors (Lipinski definition) is 0. The van der Waals surface area contributed by atoms with Gasteiger partial charge < -0.3 is 0 Å². The number of rotatable bonds is 17. The lowest BCUT2D eigenvalue weighted by atomic mass is 9.83. The van der Waals surface area contributed by atoms with E-state index in [0.717, 1.165) is 11.8 Å². The van der Waals surface area contributed by atoms with E-state index in [1.807, 2.05) is 0 Å². The van der Waals surface area contributed by atoms with Crippen LogP contribution in [0, 0.1) is 18.3 Å². The van der Waals surface area contributed by atoms with Crippen molar-refractivity contribution in [2.24, 2.45) is 11.8 Å². The summed E-state index contributed by atoms with van der Waals surface area (Å²) in [5, 5.41) is 0. The molecule has 0 saturated heterocycles. The zero-order chi connectivity index (χ0) is 16.5. The molecule has 0 fully saturated rings. The van der Waals surface area contributed by atoms with Crippen LogP contribution in [0.2, 0.25) is 0 Å². The van der Waals surface area contributed by atoms with Gasteiger partial charge >= 0.3 is 0 Å². The second-order valence-electron chi connectivity index (χ2n) is 7.32. The maximum Gasteiger partial charge on any atom is -0.0324 e. The van der Waals surface area contributed by atoms with Gasteiger partial charge in [0.25, 0.3) is 0 Å². The Morgan fingerprint density at radius 2 is 0.955 bits per heavy atom. The fourth-order valence-corrected chi connectivity index (χ4v) is 3.47. The van der Waals surface area contributed by atoms with Crippen molar-refractivity contribution in [3.63, 3.8) is 0 Å². The first-order chi connectivity index (χ1) is 10.8. The van der Waals surface area contributed by atoms with Crippen molar-refractivity contribution in [2.45, 2.75) is 124 Å². The molecule has 0 heterocycles. The SMILES string of the molecule is CCCCCCCCC([CH]C(CCCC)CCCCC)CC. The predicted molar refractivity (Wildman–Crippen MR) is 103 cm³/mol. The van der Waals surface area contributed by atoms with Gasteiger partial charge in [0.15, 0.2) is 0 Å². The molecule has 0 spiro atoms. The Hall–Kier alpha value is 0. The highest BCUT2D eigenvalue weighted by Gasteiger charge is 2.15. The molecule has 22 heavy (non-hydrogen) atoms. The van der Waals surface area contributed by atoms with Crippen LogP contribution in [0.4, 0.5) is 0 Å². The maximum atomic E-state index is 2.76. The van der Waals surface area contributed by atoms with E-state index in [9.17, 15) is 0 Å². The predicted octanol–water partition coefficient (Wildman–Crippen LogP) is 8.35. The van der Waals surface area contributed by atoms with Crippen LogP contribution >= 0.6 is 0 Å². The number of hydrogen-bond donors (Lipinski definition) is 0. The quantitative estimate of drug-likeness (QED) is 0.237. The van der Waals surface area contributed by atoms with Crippen molar-refractivity contribution < 1.29 is 0 Å². The summed E-state index contributed by atoms with van der Waals surface area (Å²) in [6, 6.07) is 0. The highest BCUT2D eigenvalue weighted by molar-refractivity contribution is 4.83. The van der Waals surface area contributed by atoms with E-state index in [4.69, 9.17) is 0 Å². The average molecular weight is 310 g/mol. The van der Waals surface area contributed by atoms with Gasteiger partial charge in [-0.1, -0.05) is 124 Å². The summed E-state index contributed by atoms with van der Waals surface area (Å²) in [6.45, 7) is 9.34. The van der Waals surface area contributed by atoms with Crippen molar-refractivity contribution in [1.29, 1.82) is 0 Å². The van der Waals surface area contributed by atoms with Gasteiger partial charge in [0, 0.05) is 0 Å². The molecule has 1 radical (unpaired) electrons. The highest BCUT2D eigenvalue weighted by atomic mass is 14.2. The van der Waals surface area contributed by atoms with Crippen molar-refractivity contribution in [3.8, 4) is 0 Å². The Morgan fingerprint density at radius 1 is 0.500 bits per heavy atom. The summed E-state index contributed by atoms with van der Waals surface area (Å²) < 4.78 is 0. The summed E-state index contributed by atoms with van der Waals surface area (Å²) in [6.07, 6.45) is 24.0. The van der Waals surface area contributed by atoms with Crippen LogP contribution in [0.25, 0.3) is 0 Å². The van der Waals surface area contributed by atoms with Crippen LogP contribution < -0.4 is 0 Å². The van der Waals surface area contributed by atoms with E-state index >= 15 is 0 Å². The zero-order valence-electron chi connectivity index (χ0n) is 16.3. The molecule has 0 aromatic heterocycles. The van der Waals surface area contributed by atoms with Gasteiger partial charge in [-0.15, -0.1) is 0 Å². The van der Waals surface area contributed by atoms with Crippen LogP contribution in [0.15, 0.2) is 0 Å². The summed E-state index contributed by atoms with van der Waals surface area (Å²) in [4.78, 5) is 0. The third-order valence-corrected chi connectivity index (χ3v) is 5.10. The van der Waals surface area contributed by atoms with Gasteiger partial charge in [0.2, 0.25) is 0 Å². The van der Waals surface area contributed by atoms with E-state index in [-0.39, 0.29) is 0 Å². The molecule has 0 aliphatic rings. The van der Waals surface area contributed by atoms with Crippen molar-refractivity contribution >= 4 is 0 Å². The van der Waals surface area contributed by atoms with Gasteiger partial charge in [0.05, 0.1) is 0 Å². The van der Waals surface area contributed by atoms with Gasteiger partial charge in [-0.25, -0.2) is 0 Å². The van der Waals surface area contributed by atoms with Crippen molar-refractivity contribution in [2.75, 3.05) is 0 Å². The molecule has 0 aromatic carbocycles. The second-order valence-corrected chi connectivity index (χ2v) is 7.32. The van der Waals surface area contributed by atoms with Gasteiger partial charge in [-0.05, 0) is 18.3 Å². The first-order valence-electron chi connectivity index (χ1n) is 10.6. The minimum absolute atomic E-state index is 0.884. The Labute approximate surface area is 142 Å². The van der Waals surface area contributed by atoms with E-state index in [1.165, 1.54) is 96.3 Å². The Balaban J connectivity index is 3.92. The summed E-state index contributed by atoms with van der Waals surface area (Å²) in [7, 11) is 0. The molecule has 2 atom stereocenters. The van der Waals surface area contributed by atoms with Crippen LogP contribution in [0.5, 0.6) is 0 Å². The minimum Gasteiger partial charge on any atom is -0.0654 e. The van der Waals surface area contributed by atoms with E-state index in [2.05, 4.69) is 34.1 Å². The molecular formula is C22H45. The lowest BCUT2D eigenvalue weighted by Crippen LogP contribution is -2.10. The molecule has 133 valence electrons. The molecule has 0 rings (SSSR count). The van der Waals surface area contributed by atoms with Gasteiger partial charge in [-0.2, -0.15) is 0 Å². The molecule has 0 nitrogen and oxygen atoms in total. The summed E-state index contributed by atoms with van der Waals surface area (Å²) in [5.41, 5.74) is 0. The van der Waals surface area contributed by atoms with Crippen LogP contribution in [0.1, 0.15) is 124 Å². The molecule has 0 N–H and O–H groups in total. The van der Waals surface area contributed by atoms with E-state index < -0.39 is 0 Å². The van der Waals surface area contributed by atoms with E-state index in [0.29, 0.717) is 0 Å². The molecule has 0 amide bonds. The third kappa shape index (κ3) is 13.6. The highest BCUT2D eigenvalue weighted by Crippen LogP contribution is 2.28. The molecular weight excluding hydrogens is 264 g/mol. The van der Waals surface area contributed by atoms with Crippen LogP contribution in [0.3, 0.4) is 0 Å². The Morgan fingerprint density at radius 3 is 1.59 bits per heavy atom. The Kier molecular flexibility index (Phi) is 17.4. The summed E-state index contributed by atoms with van der Waals surface area (Å²) >= 11 is 0. The largest absolute Gasteiger partial charge is 0.0654 e. The molecule has 0 saturated carbocycles. The normalized spacial score (nSPS) is 14.2. The fraction of sp³-hybridized carbons (Fsp3) is 0.955. The van der Waals surface area contributed by atoms with Gasteiger partial charge in [0.1, 0.15) is 0 Å². The molecule has 2 unspecified atom stereocenters. The molecule has 0 aromatic rings. The third-order valence-electron chi connectivity index (χ3n) is 5.10. The lowest BCUT2D eigenvalue weighted by Gasteiger charge is -2.22. The zero-order valence-corrected chi connectivity index (χ0v) is 16.3.